The lowest BCUT2D eigenvalue weighted by molar-refractivity contribution is -0.194. The van der Waals surface area contributed by atoms with Gasteiger partial charge in [0.15, 0.2) is 0 Å². The molecular weight excluding hydrogens is 264 g/mol. The van der Waals surface area contributed by atoms with Gasteiger partial charge in [-0.3, -0.25) is 4.79 Å². The molecule has 2 aliphatic rings. The van der Waals surface area contributed by atoms with Gasteiger partial charge in [0.1, 0.15) is 0 Å². The third-order valence-electron chi connectivity index (χ3n) is 4.80. The van der Waals surface area contributed by atoms with Gasteiger partial charge >= 0.3 is 5.97 Å². The average molecular weight is 288 g/mol. The molecule has 1 aliphatic carbocycles. The second-order valence-corrected chi connectivity index (χ2v) is 6.21. The van der Waals surface area contributed by atoms with E-state index < -0.39 is 5.41 Å². The van der Waals surface area contributed by atoms with Crippen LogP contribution in [-0.2, 0) is 19.7 Å². The molecule has 3 heteroatoms. The van der Waals surface area contributed by atoms with Crippen molar-refractivity contribution in [3.8, 4) is 0 Å². The standard InChI is InChI=1S/C18H24O3/c19-17(21-16-11-5-8-14-20-16)18(12-6-2-7-13-18)15-9-3-1-4-10-15/h1,3-4,9-10,16H,2,5-8,11-14H2. The fourth-order valence-corrected chi connectivity index (χ4v) is 3.56. The maximum absolute atomic E-state index is 12.9. The fraction of sp³-hybridized carbons (Fsp3) is 0.611. The Hall–Kier alpha value is -1.35. The van der Waals surface area contributed by atoms with Gasteiger partial charge < -0.3 is 9.47 Å². The fourth-order valence-electron chi connectivity index (χ4n) is 3.56. The number of ether oxygens (including phenoxy) is 2. The van der Waals surface area contributed by atoms with Crippen molar-refractivity contribution in [3.05, 3.63) is 35.9 Å². The third kappa shape index (κ3) is 3.13. The molecule has 0 N–H and O–H groups in total. The Kier molecular flexibility index (Phi) is 4.59. The molecule has 2 fully saturated rings. The lowest BCUT2D eigenvalue weighted by Gasteiger charge is -2.37. The molecule has 1 aromatic rings. The Labute approximate surface area is 126 Å². The molecule has 1 saturated heterocycles. The Morgan fingerprint density at radius 1 is 1.05 bits per heavy atom. The van der Waals surface area contributed by atoms with E-state index in [-0.39, 0.29) is 12.3 Å². The second kappa shape index (κ2) is 6.61. The van der Waals surface area contributed by atoms with E-state index in [9.17, 15) is 4.79 Å². The summed E-state index contributed by atoms with van der Waals surface area (Å²) in [6, 6.07) is 10.1. The van der Waals surface area contributed by atoms with Crippen LogP contribution >= 0.6 is 0 Å². The van der Waals surface area contributed by atoms with Gasteiger partial charge in [0.25, 0.3) is 0 Å². The zero-order valence-corrected chi connectivity index (χ0v) is 12.6. The van der Waals surface area contributed by atoms with Gasteiger partial charge in [-0.05, 0) is 31.2 Å². The third-order valence-corrected chi connectivity index (χ3v) is 4.80. The first kappa shape index (κ1) is 14.6. The molecular formula is C18H24O3. The van der Waals surface area contributed by atoms with Crippen LogP contribution in [0.3, 0.4) is 0 Å². The van der Waals surface area contributed by atoms with Gasteiger partial charge in [0.2, 0.25) is 6.29 Å². The zero-order valence-electron chi connectivity index (χ0n) is 12.6. The van der Waals surface area contributed by atoms with Crippen LogP contribution < -0.4 is 0 Å². The first-order valence-electron chi connectivity index (χ1n) is 8.19. The monoisotopic (exact) mass is 288 g/mol. The molecule has 0 amide bonds. The van der Waals surface area contributed by atoms with Gasteiger partial charge in [0, 0.05) is 6.42 Å². The molecule has 21 heavy (non-hydrogen) atoms. The smallest absolute Gasteiger partial charge is 0.318 e. The topological polar surface area (TPSA) is 35.5 Å². The number of hydrogen-bond donors (Lipinski definition) is 0. The Morgan fingerprint density at radius 3 is 2.48 bits per heavy atom. The van der Waals surface area contributed by atoms with Crippen molar-refractivity contribution in [2.75, 3.05) is 6.61 Å². The normalized spacial score (nSPS) is 25.2. The largest absolute Gasteiger partial charge is 0.435 e. The Morgan fingerprint density at radius 2 is 1.81 bits per heavy atom. The summed E-state index contributed by atoms with van der Waals surface area (Å²) in [5, 5.41) is 0. The maximum Gasteiger partial charge on any atom is 0.318 e. The molecule has 0 bridgehead atoms. The van der Waals surface area contributed by atoms with Crippen molar-refractivity contribution in [2.24, 2.45) is 0 Å². The Bertz CT molecular complexity index is 457. The van der Waals surface area contributed by atoms with E-state index in [1.807, 2.05) is 18.2 Å². The van der Waals surface area contributed by atoms with Crippen LogP contribution in [0.4, 0.5) is 0 Å². The van der Waals surface area contributed by atoms with Gasteiger partial charge in [-0.25, -0.2) is 0 Å². The molecule has 3 rings (SSSR count). The second-order valence-electron chi connectivity index (χ2n) is 6.21. The van der Waals surface area contributed by atoms with Crippen molar-refractivity contribution in [1.82, 2.24) is 0 Å². The lowest BCUT2D eigenvalue weighted by atomic mass is 9.69. The average Bonchev–Trinajstić information content (AvgIpc) is 2.57. The molecule has 114 valence electrons. The van der Waals surface area contributed by atoms with Crippen LogP contribution in [0, 0.1) is 0 Å². The van der Waals surface area contributed by atoms with E-state index >= 15 is 0 Å². The summed E-state index contributed by atoms with van der Waals surface area (Å²) in [5.41, 5.74) is 0.644. The summed E-state index contributed by atoms with van der Waals surface area (Å²) >= 11 is 0. The van der Waals surface area contributed by atoms with Crippen molar-refractivity contribution < 1.29 is 14.3 Å². The first-order chi connectivity index (χ1) is 10.3. The highest BCUT2D eigenvalue weighted by Crippen LogP contribution is 2.41. The van der Waals surface area contributed by atoms with E-state index in [1.165, 1.54) is 6.42 Å². The van der Waals surface area contributed by atoms with Crippen molar-refractivity contribution in [2.45, 2.75) is 63.1 Å². The quantitative estimate of drug-likeness (QED) is 0.790. The number of carbonyl (C=O) groups is 1. The van der Waals surface area contributed by atoms with Gasteiger partial charge in [0.05, 0.1) is 12.0 Å². The van der Waals surface area contributed by atoms with E-state index in [0.717, 1.165) is 50.5 Å². The van der Waals surface area contributed by atoms with Gasteiger partial charge in [-0.15, -0.1) is 0 Å². The minimum Gasteiger partial charge on any atom is -0.435 e. The maximum atomic E-state index is 12.9. The highest BCUT2D eigenvalue weighted by Gasteiger charge is 2.43. The van der Waals surface area contributed by atoms with Crippen LogP contribution in [0.15, 0.2) is 30.3 Å². The highest BCUT2D eigenvalue weighted by molar-refractivity contribution is 5.83. The van der Waals surface area contributed by atoms with Crippen LogP contribution in [0.5, 0.6) is 0 Å². The van der Waals surface area contributed by atoms with Crippen LogP contribution in [0.25, 0.3) is 0 Å². The van der Waals surface area contributed by atoms with E-state index in [1.54, 1.807) is 0 Å². The summed E-state index contributed by atoms with van der Waals surface area (Å²) in [6.45, 7) is 0.705. The SMILES string of the molecule is O=C(OC1CCCCO1)C1(c2ccccc2)CCCCC1. The van der Waals surface area contributed by atoms with Crippen LogP contribution in [0.1, 0.15) is 56.9 Å². The van der Waals surface area contributed by atoms with Crippen LogP contribution in [-0.4, -0.2) is 18.9 Å². The number of esters is 1. The predicted octanol–water partition coefficient (Wildman–Crippen LogP) is 3.96. The number of hydrogen-bond acceptors (Lipinski definition) is 3. The molecule has 1 aromatic carbocycles. The number of rotatable bonds is 3. The highest BCUT2D eigenvalue weighted by atomic mass is 16.7. The molecule has 1 atom stereocenters. The minimum atomic E-state index is -0.458. The number of benzene rings is 1. The predicted molar refractivity (Wildman–Crippen MR) is 80.9 cm³/mol. The van der Waals surface area contributed by atoms with Crippen LogP contribution in [0.2, 0.25) is 0 Å². The van der Waals surface area contributed by atoms with E-state index in [0.29, 0.717) is 6.61 Å². The van der Waals surface area contributed by atoms with E-state index in [4.69, 9.17) is 9.47 Å². The van der Waals surface area contributed by atoms with Crippen molar-refractivity contribution >= 4 is 5.97 Å². The molecule has 3 nitrogen and oxygen atoms in total. The molecule has 1 unspecified atom stereocenters. The molecule has 0 aromatic heterocycles. The van der Waals surface area contributed by atoms with E-state index in [2.05, 4.69) is 12.1 Å². The lowest BCUT2D eigenvalue weighted by Crippen LogP contribution is -2.42. The molecule has 0 radical (unpaired) electrons. The van der Waals surface area contributed by atoms with Crippen molar-refractivity contribution in [3.63, 3.8) is 0 Å². The Balaban J connectivity index is 1.79. The summed E-state index contributed by atoms with van der Waals surface area (Å²) in [5.74, 6) is -0.0831. The number of carbonyl (C=O) groups excluding carboxylic acids is 1. The van der Waals surface area contributed by atoms with Gasteiger partial charge in [-0.1, -0.05) is 49.6 Å². The molecule has 1 aliphatic heterocycles. The minimum absolute atomic E-state index is 0.0831. The molecule has 1 saturated carbocycles. The van der Waals surface area contributed by atoms with Crippen molar-refractivity contribution in [1.29, 1.82) is 0 Å². The molecule has 0 spiro atoms. The summed E-state index contributed by atoms with van der Waals surface area (Å²) < 4.78 is 11.3. The zero-order chi connectivity index (χ0) is 14.5. The first-order valence-corrected chi connectivity index (χ1v) is 8.19. The molecule has 1 heterocycles. The summed E-state index contributed by atoms with van der Waals surface area (Å²) in [6.07, 6.45) is 7.82. The summed E-state index contributed by atoms with van der Waals surface area (Å²) in [7, 11) is 0. The summed E-state index contributed by atoms with van der Waals surface area (Å²) in [4.78, 5) is 12.9. The van der Waals surface area contributed by atoms with Gasteiger partial charge in [-0.2, -0.15) is 0 Å².